The Morgan fingerprint density at radius 2 is 1.78 bits per heavy atom. The van der Waals surface area contributed by atoms with Crippen LogP contribution in [0.15, 0.2) is 57.8 Å². The first-order valence-corrected chi connectivity index (χ1v) is 12.9. The maximum atomic E-state index is 15.3. The van der Waals surface area contributed by atoms with Crippen molar-refractivity contribution in [2.45, 2.75) is 24.4 Å². The van der Waals surface area contributed by atoms with Gasteiger partial charge in [0.15, 0.2) is 9.84 Å². The van der Waals surface area contributed by atoms with Crippen LogP contribution in [-0.4, -0.2) is 41.9 Å². The number of hydrogen-bond donors (Lipinski definition) is 1. The average Bonchev–Trinajstić information content (AvgIpc) is 3.26. The van der Waals surface area contributed by atoms with Gasteiger partial charge in [-0.25, -0.2) is 17.8 Å². The van der Waals surface area contributed by atoms with E-state index in [4.69, 9.17) is 21.8 Å². The van der Waals surface area contributed by atoms with Crippen LogP contribution in [0.2, 0.25) is 5.02 Å². The van der Waals surface area contributed by atoms with Crippen molar-refractivity contribution in [3.8, 4) is 22.9 Å². The number of nitrogens with zero attached hydrogens (tertiary/aromatic N) is 4. The molecule has 0 amide bonds. The molecule has 2 aromatic heterocycles. The van der Waals surface area contributed by atoms with Crippen LogP contribution >= 0.6 is 11.6 Å². The summed E-state index contributed by atoms with van der Waals surface area (Å²) in [7, 11) is -3.87. The molecule has 0 saturated carbocycles. The number of anilines is 1. The lowest BCUT2D eigenvalue weighted by Gasteiger charge is -2.26. The van der Waals surface area contributed by atoms with Crippen molar-refractivity contribution in [3.05, 3.63) is 76.6 Å². The fraction of sp³-hybridized carbons (Fsp3) is 0.208. The van der Waals surface area contributed by atoms with Crippen molar-refractivity contribution < 1.29 is 21.6 Å². The van der Waals surface area contributed by atoms with Crippen LogP contribution in [0.25, 0.3) is 22.9 Å². The zero-order valence-corrected chi connectivity index (χ0v) is 20.5. The summed E-state index contributed by atoms with van der Waals surface area (Å²) in [5, 5.41) is 8.46. The van der Waals surface area contributed by atoms with E-state index in [-0.39, 0.29) is 40.2 Å². The Morgan fingerprint density at radius 3 is 2.47 bits per heavy atom. The minimum Gasteiger partial charge on any atom is -0.416 e. The zero-order valence-electron chi connectivity index (χ0n) is 19.0. The molecule has 36 heavy (non-hydrogen) atoms. The van der Waals surface area contributed by atoms with Gasteiger partial charge in [-0.3, -0.25) is 0 Å². The molecule has 2 aromatic carbocycles. The van der Waals surface area contributed by atoms with E-state index in [1.165, 1.54) is 12.1 Å². The van der Waals surface area contributed by atoms with Gasteiger partial charge in [0.1, 0.15) is 5.82 Å². The fourth-order valence-corrected chi connectivity index (χ4v) is 5.93. The Hall–Kier alpha value is -3.41. The van der Waals surface area contributed by atoms with Crippen LogP contribution in [0.5, 0.6) is 0 Å². The maximum Gasteiger partial charge on any atom is 0.251 e. The highest BCUT2D eigenvalue weighted by Crippen LogP contribution is 2.37. The van der Waals surface area contributed by atoms with Crippen molar-refractivity contribution in [2.24, 2.45) is 5.73 Å². The number of sulfone groups is 1. The van der Waals surface area contributed by atoms with Crippen molar-refractivity contribution in [1.82, 2.24) is 15.2 Å². The van der Waals surface area contributed by atoms with Crippen molar-refractivity contribution >= 4 is 27.1 Å². The molecule has 4 aromatic rings. The maximum absolute atomic E-state index is 15.3. The minimum absolute atomic E-state index is 0.0250. The molecule has 8 nitrogen and oxygen atoms in total. The summed E-state index contributed by atoms with van der Waals surface area (Å²) in [6, 6.07) is 11.3. The molecule has 1 atom stereocenters. The minimum atomic E-state index is -3.87. The van der Waals surface area contributed by atoms with Crippen LogP contribution in [0.1, 0.15) is 11.3 Å². The summed E-state index contributed by atoms with van der Waals surface area (Å²) in [6.07, 6.45) is 0. The summed E-state index contributed by atoms with van der Waals surface area (Å²) < 4.78 is 60.4. The van der Waals surface area contributed by atoms with Gasteiger partial charge in [-0.1, -0.05) is 23.7 Å². The van der Waals surface area contributed by atoms with Crippen LogP contribution in [0.4, 0.5) is 14.5 Å². The molecule has 0 fully saturated rings. The van der Waals surface area contributed by atoms with E-state index in [0.29, 0.717) is 22.8 Å². The highest BCUT2D eigenvalue weighted by Gasteiger charge is 2.32. The number of aryl methyl sites for hydroxylation is 1. The second kappa shape index (κ2) is 9.23. The van der Waals surface area contributed by atoms with Crippen LogP contribution in [0.3, 0.4) is 0 Å². The smallest absolute Gasteiger partial charge is 0.251 e. The molecule has 5 rings (SSSR count). The second-order valence-corrected chi connectivity index (χ2v) is 11.0. The van der Waals surface area contributed by atoms with Crippen molar-refractivity contribution in [3.63, 3.8) is 0 Å². The molecule has 12 heteroatoms. The van der Waals surface area contributed by atoms with Gasteiger partial charge in [-0.05, 0) is 48.9 Å². The third-order valence-electron chi connectivity index (χ3n) is 5.84. The van der Waals surface area contributed by atoms with E-state index in [9.17, 15) is 12.8 Å². The van der Waals surface area contributed by atoms with Crippen LogP contribution in [-0.2, 0) is 16.4 Å². The molecule has 1 aliphatic heterocycles. The zero-order chi connectivity index (χ0) is 25.6. The van der Waals surface area contributed by atoms with Gasteiger partial charge in [-0.15, -0.1) is 10.2 Å². The third-order valence-corrected chi connectivity index (χ3v) is 7.95. The SMILES string of the molecule is Cc1nc(F)ccc1-c1nnc(-c2cc3c(cc2F)S(=O)(=O)C[C@H](N)CN3Cc2ccc(Cl)cc2)o1. The summed E-state index contributed by atoms with van der Waals surface area (Å²) >= 11 is 5.99. The van der Waals surface area contributed by atoms with E-state index < -0.39 is 27.6 Å². The van der Waals surface area contributed by atoms with Crippen LogP contribution < -0.4 is 10.6 Å². The Bertz CT molecular complexity index is 1560. The molecule has 0 radical (unpaired) electrons. The van der Waals surface area contributed by atoms with E-state index in [0.717, 1.165) is 17.7 Å². The quantitative estimate of drug-likeness (QED) is 0.390. The Labute approximate surface area is 210 Å². The molecule has 186 valence electrons. The predicted molar refractivity (Wildman–Crippen MR) is 130 cm³/mol. The van der Waals surface area contributed by atoms with Gasteiger partial charge >= 0.3 is 0 Å². The monoisotopic (exact) mass is 531 g/mol. The van der Waals surface area contributed by atoms with Gasteiger partial charge in [0.2, 0.25) is 11.8 Å². The van der Waals surface area contributed by atoms with E-state index in [1.807, 2.05) is 12.1 Å². The first kappa shape index (κ1) is 24.3. The summed E-state index contributed by atoms with van der Waals surface area (Å²) in [6.45, 7) is 2.11. The number of benzene rings is 2. The summed E-state index contributed by atoms with van der Waals surface area (Å²) in [4.78, 5) is 5.35. The number of pyridine rings is 1. The van der Waals surface area contributed by atoms with Gasteiger partial charge in [0.25, 0.3) is 5.89 Å². The van der Waals surface area contributed by atoms with Gasteiger partial charge < -0.3 is 15.1 Å². The van der Waals surface area contributed by atoms with E-state index in [1.54, 1.807) is 24.0 Å². The van der Waals surface area contributed by atoms with Gasteiger partial charge in [0.05, 0.1) is 33.2 Å². The normalized spacial score (nSPS) is 17.0. The van der Waals surface area contributed by atoms with Crippen LogP contribution in [0, 0.1) is 18.7 Å². The van der Waals surface area contributed by atoms with Crippen molar-refractivity contribution in [1.29, 1.82) is 0 Å². The molecule has 0 unspecified atom stereocenters. The summed E-state index contributed by atoms with van der Waals surface area (Å²) in [5.41, 5.74) is 7.90. The third kappa shape index (κ3) is 4.69. The standard InChI is InChI=1S/C24H20ClF2N5O3S/c1-13-17(6-7-22(27)29-13)23-30-31-24(35-23)18-8-20-21(9-19(18)26)36(33,34)12-16(28)11-32(20)10-14-2-4-15(25)5-3-14/h2-9,16H,10-12,28H2,1H3/t16-/m1/s1. The number of nitrogens with two attached hydrogens (primary N) is 1. The number of aromatic nitrogens is 3. The average molecular weight is 532 g/mol. The molecule has 0 aliphatic carbocycles. The van der Waals surface area contributed by atoms with E-state index >= 15 is 4.39 Å². The lowest BCUT2D eigenvalue weighted by atomic mass is 10.1. The van der Waals surface area contributed by atoms with Crippen molar-refractivity contribution in [2.75, 3.05) is 17.2 Å². The Morgan fingerprint density at radius 1 is 1.08 bits per heavy atom. The Balaban J connectivity index is 1.60. The highest BCUT2D eigenvalue weighted by molar-refractivity contribution is 7.91. The topological polar surface area (TPSA) is 115 Å². The number of rotatable bonds is 4. The van der Waals surface area contributed by atoms with Gasteiger partial charge in [-0.2, -0.15) is 4.39 Å². The largest absolute Gasteiger partial charge is 0.416 e. The molecular formula is C24H20ClF2N5O3S. The molecular weight excluding hydrogens is 512 g/mol. The predicted octanol–water partition coefficient (Wildman–Crippen LogP) is 4.16. The lowest BCUT2D eigenvalue weighted by molar-refractivity contribution is 0.563. The molecule has 0 saturated heterocycles. The van der Waals surface area contributed by atoms with Gasteiger partial charge in [0, 0.05) is 24.2 Å². The lowest BCUT2D eigenvalue weighted by Crippen LogP contribution is -2.39. The Kier molecular flexibility index (Phi) is 6.23. The number of hydrogen-bond acceptors (Lipinski definition) is 8. The molecule has 3 heterocycles. The fourth-order valence-electron chi connectivity index (χ4n) is 4.17. The second-order valence-electron chi connectivity index (χ2n) is 8.53. The van der Waals surface area contributed by atoms with E-state index in [2.05, 4.69) is 15.2 Å². The highest BCUT2D eigenvalue weighted by atomic mass is 35.5. The molecule has 0 spiro atoms. The first-order chi connectivity index (χ1) is 17.1. The summed E-state index contributed by atoms with van der Waals surface area (Å²) in [5.74, 6) is -1.96. The molecule has 0 bridgehead atoms. The number of halogens is 3. The molecule has 1 aliphatic rings. The molecule has 2 N–H and O–H groups in total. The first-order valence-electron chi connectivity index (χ1n) is 10.9. The number of fused-ring (bicyclic) bond motifs is 1.